The van der Waals surface area contributed by atoms with Crippen molar-refractivity contribution in [3.05, 3.63) is 54.1 Å². The van der Waals surface area contributed by atoms with Gasteiger partial charge in [-0.15, -0.1) is 0 Å². The summed E-state index contributed by atoms with van der Waals surface area (Å²) >= 11 is 0. The number of anilines is 1. The van der Waals surface area contributed by atoms with Crippen molar-refractivity contribution in [3.8, 4) is 17.2 Å². The average Bonchev–Trinajstić information content (AvgIpc) is 3.02. The van der Waals surface area contributed by atoms with Gasteiger partial charge < -0.3 is 4.90 Å². The number of hydrogen-bond acceptors (Lipinski definition) is 2. The molecule has 3 rings (SSSR count). The molecular formula is C17H16N2. The molecule has 2 aromatic carbocycles. The second-order valence-corrected chi connectivity index (χ2v) is 4.94. The lowest BCUT2D eigenvalue weighted by Crippen LogP contribution is -2.17. The van der Waals surface area contributed by atoms with Gasteiger partial charge in [0.1, 0.15) is 0 Å². The molecule has 94 valence electrons. The standard InChI is InChI=1S/C17H16N2/c18-13-14-5-3-6-15(11-14)16-7-4-8-17(12-16)19-9-1-2-10-19/h3-8,11-12H,1-2,9-10H2. The van der Waals surface area contributed by atoms with Crippen LogP contribution in [0.3, 0.4) is 0 Å². The molecule has 0 unspecified atom stereocenters. The van der Waals surface area contributed by atoms with Gasteiger partial charge in [-0.05, 0) is 48.2 Å². The molecule has 2 aromatic rings. The highest BCUT2D eigenvalue weighted by atomic mass is 15.1. The zero-order valence-corrected chi connectivity index (χ0v) is 10.8. The van der Waals surface area contributed by atoms with E-state index in [0.717, 1.165) is 18.7 Å². The normalized spacial score (nSPS) is 14.4. The topological polar surface area (TPSA) is 27.0 Å². The van der Waals surface area contributed by atoms with E-state index in [2.05, 4.69) is 41.3 Å². The van der Waals surface area contributed by atoms with Gasteiger partial charge in [-0.2, -0.15) is 5.26 Å². The zero-order chi connectivity index (χ0) is 13.1. The van der Waals surface area contributed by atoms with Crippen LogP contribution in [0.1, 0.15) is 18.4 Å². The van der Waals surface area contributed by atoms with E-state index in [4.69, 9.17) is 5.26 Å². The maximum Gasteiger partial charge on any atom is 0.0991 e. The van der Waals surface area contributed by atoms with E-state index in [1.807, 2.05) is 18.2 Å². The van der Waals surface area contributed by atoms with Gasteiger partial charge in [-0.3, -0.25) is 0 Å². The van der Waals surface area contributed by atoms with Crippen molar-refractivity contribution in [2.75, 3.05) is 18.0 Å². The van der Waals surface area contributed by atoms with E-state index in [1.165, 1.54) is 24.1 Å². The predicted octanol–water partition coefficient (Wildman–Crippen LogP) is 3.83. The average molecular weight is 248 g/mol. The van der Waals surface area contributed by atoms with Crippen LogP contribution in [-0.2, 0) is 0 Å². The summed E-state index contributed by atoms with van der Waals surface area (Å²) in [5, 5.41) is 8.98. The van der Waals surface area contributed by atoms with Crippen LogP contribution < -0.4 is 4.90 Å². The summed E-state index contributed by atoms with van der Waals surface area (Å²) in [7, 11) is 0. The summed E-state index contributed by atoms with van der Waals surface area (Å²) < 4.78 is 0. The third-order valence-electron chi connectivity index (χ3n) is 3.64. The molecule has 0 saturated carbocycles. The van der Waals surface area contributed by atoms with Crippen LogP contribution >= 0.6 is 0 Å². The van der Waals surface area contributed by atoms with E-state index < -0.39 is 0 Å². The van der Waals surface area contributed by atoms with Gasteiger partial charge in [0, 0.05) is 18.8 Å². The molecule has 1 fully saturated rings. The van der Waals surface area contributed by atoms with Gasteiger partial charge in [0.25, 0.3) is 0 Å². The minimum absolute atomic E-state index is 0.712. The van der Waals surface area contributed by atoms with Crippen LogP contribution in [0.25, 0.3) is 11.1 Å². The molecule has 0 aliphatic carbocycles. The maximum atomic E-state index is 8.98. The summed E-state index contributed by atoms with van der Waals surface area (Å²) in [6.45, 7) is 2.31. The lowest BCUT2D eigenvalue weighted by atomic mass is 10.0. The van der Waals surface area contributed by atoms with E-state index in [1.54, 1.807) is 0 Å². The quantitative estimate of drug-likeness (QED) is 0.807. The summed E-state index contributed by atoms with van der Waals surface area (Å²) in [6.07, 6.45) is 2.57. The molecule has 0 spiro atoms. The Labute approximate surface area is 113 Å². The molecule has 2 nitrogen and oxygen atoms in total. The van der Waals surface area contributed by atoms with E-state index in [-0.39, 0.29) is 0 Å². The fourth-order valence-corrected chi connectivity index (χ4v) is 2.63. The number of nitriles is 1. The molecule has 19 heavy (non-hydrogen) atoms. The highest BCUT2D eigenvalue weighted by molar-refractivity contribution is 5.69. The second-order valence-electron chi connectivity index (χ2n) is 4.94. The van der Waals surface area contributed by atoms with Crippen LogP contribution in [0, 0.1) is 11.3 Å². The third-order valence-corrected chi connectivity index (χ3v) is 3.64. The molecule has 2 heteroatoms. The minimum atomic E-state index is 0.712. The van der Waals surface area contributed by atoms with Crippen LogP contribution in [0.2, 0.25) is 0 Å². The first kappa shape index (κ1) is 11.8. The first-order valence-corrected chi connectivity index (χ1v) is 6.72. The molecule has 1 saturated heterocycles. The van der Waals surface area contributed by atoms with Gasteiger partial charge in [-0.1, -0.05) is 24.3 Å². The van der Waals surface area contributed by atoms with E-state index in [9.17, 15) is 0 Å². The Kier molecular flexibility index (Phi) is 3.20. The molecule has 1 aliphatic heterocycles. The van der Waals surface area contributed by atoms with Crippen molar-refractivity contribution in [1.82, 2.24) is 0 Å². The lowest BCUT2D eigenvalue weighted by molar-refractivity contribution is 0.949. The number of nitrogens with zero attached hydrogens (tertiary/aromatic N) is 2. The third kappa shape index (κ3) is 2.46. The number of hydrogen-bond donors (Lipinski definition) is 0. The van der Waals surface area contributed by atoms with Crippen LogP contribution in [0.5, 0.6) is 0 Å². The molecule has 0 bridgehead atoms. The highest BCUT2D eigenvalue weighted by Gasteiger charge is 2.12. The Morgan fingerprint density at radius 2 is 1.58 bits per heavy atom. The first-order valence-electron chi connectivity index (χ1n) is 6.72. The summed E-state index contributed by atoms with van der Waals surface area (Å²) in [4.78, 5) is 2.43. The molecule has 0 amide bonds. The fraction of sp³-hybridized carbons (Fsp3) is 0.235. The van der Waals surface area contributed by atoms with Crippen LogP contribution in [-0.4, -0.2) is 13.1 Å². The largest absolute Gasteiger partial charge is 0.372 e. The van der Waals surface area contributed by atoms with E-state index in [0.29, 0.717) is 5.56 Å². The molecule has 1 aliphatic rings. The lowest BCUT2D eigenvalue weighted by Gasteiger charge is -2.18. The van der Waals surface area contributed by atoms with E-state index >= 15 is 0 Å². The fourth-order valence-electron chi connectivity index (χ4n) is 2.63. The van der Waals surface area contributed by atoms with Gasteiger partial charge >= 0.3 is 0 Å². The van der Waals surface area contributed by atoms with Crippen molar-refractivity contribution < 1.29 is 0 Å². The number of rotatable bonds is 2. The van der Waals surface area contributed by atoms with Gasteiger partial charge in [0.2, 0.25) is 0 Å². The Bertz CT molecular complexity index is 619. The summed E-state index contributed by atoms with van der Waals surface area (Å²) in [6, 6.07) is 18.6. The minimum Gasteiger partial charge on any atom is -0.372 e. The Hall–Kier alpha value is -2.27. The van der Waals surface area contributed by atoms with Crippen molar-refractivity contribution in [2.24, 2.45) is 0 Å². The molecule has 0 radical (unpaired) electrons. The highest BCUT2D eigenvalue weighted by Crippen LogP contribution is 2.27. The molecule has 0 atom stereocenters. The predicted molar refractivity (Wildman–Crippen MR) is 78.0 cm³/mol. The zero-order valence-electron chi connectivity index (χ0n) is 10.8. The van der Waals surface area contributed by atoms with Crippen LogP contribution in [0.4, 0.5) is 5.69 Å². The number of benzene rings is 2. The van der Waals surface area contributed by atoms with Crippen LogP contribution in [0.15, 0.2) is 48.5 Å². The van der Waals surface area contributed by atoms with Gasteiger partial charge in [0.05, 0.1) is 11.6 Å². The maximum absolute atomic E-state index is 8.98. The van der Waals surface area contributed by atoms with Crippen molar-refractivity contribution in [1.29, 1.82) is 5.26 Å². The van der Waals surface area contributed by atoms with Gasteiger partial charge in [0.15, 0.2) is 0 Å². The Morgan fingerprint density at radius 1 is 0.895 bits per heavy atom. The monoisotopic (exact) mass is 248 g/mol. The summed E-state index contributed by atoms with van der Waals surface area (Å²) in [5.41, 5.74) is 4.29. The van der Waals surface area contributed by atoms with Crippen molar-refractivity contribution in [3.63, 3.8) is 0 Å². The molecular weight excluding hydrogens is 232 g/mol. The molecule has 0 N–H and O–H groups in total. The second kappa shape index (κ2) is 5.16. The van der Waals surface area contributed by atoms with Crippen molar-refractivity contribution >= 4 is 5.69 Å². The van der Waals surface area contributed by atoms with Gasteiger partial charge in [-0.25, -0.2) is 0 Å². The SMILES string of the molecule is N#Cc1cccc(-c2cccc(N3CCCC3)c2)c1. The Balaban J connectivity index is 1.96. The van der Waals surface area contributed by atoms with Crippen molar-refractivity contribution in [2.45, 2.75) is 12.8 Å². The summed E-state index contributed by atoms with van der Waals surface area (Å²) in [5.74, 6) is 0. The smallest absolute Gasteiger partial charge is 0.0991 e. The molecule has 0 aromatic heterocycles. The molecule has 1 heterocycles. The first-order chi connectivity index (χ1) is 9.36. The Morgan fingerprint density at radius 3 is 2.32 bits per heavy atom.